The van der Waals surface area contributed by atoms with Gasteiger partial charge in [-0.25, -0.2) is 0 Å². The molecular formula is C15H23ClN2. The molecule has 2 rings (SSSR count). The van der Waals surface area contributed by atoms with Crippen LogP contribution in [0.3, 0.4) is 0 Å². The van der Waals surface area contributed by atoms with Crippen LogP contribution >= 0.6 is 11.6 Å². The van der Waals surface area contributed by atoms with Gasteiger partial charge in [-0.05, 0) is 56.6 Å². The lowest BCUT2D eigenvalue weighted by Gasteiger charge is -2.22. The molecule has 1 aliphatic rings. The van der Waals surface area contributed by atoms with Gasteiger partial charge in [-0.3, -0.25) is 0 Å². The lowest BCUT2D eigenvalue weighted by Crippen LogP contribution is -2.28. The van der Waals surface area contributed by atoms with Gasteiger partial charge in [0.25, 0.3) is 0 Å². The molecule has 1 atom stereocenters. The third-order valence-corrected chi connectivity index (χ3v) is 3.97. The third-order valence-electron chi connectivity index (χ3n) is 3.73. The highest BCUT2D eigenvalue weighted by molar-refractivity contribution is 6.30. The summed E-state index contributed by atoms with van der Waals surface area (Å²) in [6.07, 6.45) is 6.47. The summed E-state index contributed by atoms with van der Waals surface area (Å²) in [6.45, 7) is 3.58. The standard InChI is InChI=1S/C15H23ClN2/c16-14-7-5-6-13(12-14)15(17)8-11-18-9-3-1-2-4-10-18/h5-7,12,15H,1-4,8-11,17H2. The lowest BCUT2D eigenvalue weighted by molar-refractivity contribution is 0.273. The number of halogens is 1. The first-order valence-electron chi connectivity index (χ1n) is 6.99. The third kappa shape index (κ3) is 4.27. The van der Waals surface area contributed by atoms with Gasteiger partial charge in [0.1, 0.15) is 0 Å². The number of nitrogens with two attached hydrogens (primary N) is 1. The van der Waals surface area contributed by atoms with Crippen molar-refractivity contribution in [1.29, 1.82) is 0 Å². The van der Waals surface area contributed by atoms with Crippen molar-refractivity contribution in [2.45, 2.75) is 38.1 Å². The Balaban J connectivity index is 1.82. The Kier molecular flexibility index (Phi) is 5.48. The highest BCUT2D eigenvalue weighted by Gasteiger charge is 2.12. The fourth-order valence-corrected chi connectivity index (χ4v) is 2.78. The van der Waals surface area contributed by atoms with Crippen LogP contribution in [-0.4, -0.2) is 24.5 Å². The molecule has 1 aromatic carbocycles. The molecule has 0 saturated carbocycles. The average Bonchev–Trinajstić information content (AvgIpc) is 2.64. The van der Waals surface area contributed by atoms with E-state index in [0.717, 1.165) is 23.6 Å². The van der Waals surface area contributed by atoms with E-state index in [0.29, 0.717) is 0 Å². The molecule has 1 unspecified atom stereocenters. The summed E-state index contributed by atoms with van der Waals surface area (Å²) in [4.78, 5) is 2.55. The summed E-state index contributed by atoms with van der Waals surface area (Å²) < 4.78 is 0. The van der Waals surface area contributed by atoms with Crippen molar-refractivity contribution in [2.24, 2.45) is 5.73 Å². The van der Waals surface area contributed by atoms with Crippen molar-refractivity contribution in [1.82, 2.24) is 4.90 Å². The van der Waals surface area contributed by atoms with Crippen molar-refractivity contribution in [2.75, 3.05) is 19.6 Å². The first kappa shape index (κ1) is 13.9. The highest BCUT2D eigenvalue weighted by Crippen LogP contribution is 2.19. The van der Waals surface area contributed by atoms with Gasteiger partial charge in [0.05, 0.1) is 0 Å². The molecule has 0 bridgehead atoms. The highest BCUT2D eigenvalue weighted by atomic mass is 35.5. The summed E-state index contributed by atoms with van der Waals surface area (Å²) in [5.41, 5.74) is 7.39. The zero-order chi connectivity index (χ0) is 12.8. The first-order valence-corrected chi connectivity index (χ1v) is 7.37. The Bertz CT molecular complexity index is 359. The fourth-order valence-electron chi connectivity index (χ4n) is 2.59. The molecule has 1 saturated heterocycles. The van der Waals surface area contributed by atoms with E-state index in [2.05, 4.69) is 11.0 Å². The van der Waals surface area contributed by atoms with Gasteiger partial charge in [-0.1, -0.05) is 36.6 Å². The minimum atomic E-state index is 0.104. The molecule has 1 heterocycles. The number of hydrogen-bond acceptors (Lipinski definition) is 2. The van der Waals surface area contributed by atoms with E-state index >= 15 is 0 Å². The van der Waals surface area contributed by atoms with E-state index < -0.39 is 0 Å². The monoisotopic (exact) mass is 266 g/mol. The number of hydrogen-bond donors (Lipinski definition) is 1. The minimum Gasteiger partial charge on any atom is -0.324 e. The number of likely N-dealkylation sites (tertiary alicyclic amines) is 1. The Labute approximate surface area is 115 Å². The van der Waals surface area contributed by atoms with Gasteiger partial charge >= 0.3 is 0 Å². The molecule has 2 N–H and O–H groups in total. The molecule has 1 aliphatic heterocycles. The maximum atomic E-state index is 6.23. The summed E-state index contributed by atoms with van der Waals surface area (Å²) in [7, 11) is 0. The van der Waals surface area contributed by atoms with Crippen LogP contribution in [-0.2, 0) is 0 Å². The maximum Gasteiger partial charge on any atom is 0.0409 e. The van der Waals surface area contributed by atoms with Crippen LogP contribution in [0.5, 0.6) is 0 Å². The Hall–Kier alpha value is -0.570. The van der Waals surface area contributed by atoms with E-state index in [1.165, 1.54) is 38.8 Å². The maximum absolute atomic E-state index is 6.23. The van der Waals surface area contributed by atoms with Crippen molar-refractivity contribution >= 4 is 11.6 Å². The molecule has 0 radical (unpaired) electrons. The van der Waals surface area contributed by atoms with Crippen LogP contribution in [0.25, 0.3) is 0 Å². The van der Waals surface area contributed by atoms with E-state index in [1.807, 2.05) is 18.2 Å². The van der Waals surface area contributed by atoms with Gasteiger partial charge in [0.2, 0.25) is 0 Å². The molecule has 3 heteroatoms. The number of benzene rings is 1. The van der Waals surface area contributed by atoms with E-state index in [4.69, 9.17) is 17.3 Å². The minimum absolute atomic E-state index is 0.104. The van der Waals surface area contributed by atoms with Crippen LogP contribution in [0.15, 0.2) is 24.3 Å². The second-order valence-electron chi connectivity index (χ2n) is 5.21. The van der Waals surface area contributed by atoms with Crippen LogP contribution in [0.1, 0.15) is 43.7 Å². The molecule has 0 amide bonds. The zero-order valence-corrected chi connectivity index (χ0v) is 11.7. The molecule has 1 fully saturated rings. The van der Waals surface area contributed by atoms with Crippen molar-refractivity contribution in [3.05, 3.63) is 34.9 Å². The van der Waals surface area contributed by atoms with Crippen molar-refractivity contribution in [3.8, 4) is 0 Å². The predicted octanol–water partition coefficient (Wildman–Crippen LogP) is 3.61. The van der Waals surface area contributed by atoms with Gasteiger partial charge in [-0.15, -0.1) is 0 Å². The largest absolute Gasteiger partial charge is 0.324 e. The van der Waals surface area contributed by atoms with Gasteiger partial charge < -0.3 is 10.6 Å². The SMILES string of the molecule is NC(CCN1CCCCCC1)c1cccc(Cl)c1. The van der Waals surface area contributed by atoms with E-state index in [9.17, 15) is 0 Å². The fraction of sp³-hybridized carbons (Fsp3) is 0.600. The van der Waals surface area contributed by atoms with Gasteiger partial charge in [0, 0.05) is 11.1 Å². The molecule has 0 spiro atoms. The first-order chi connectivity index (χ1) is 8.75. The summed E-state index contributed by atoms with van der Waals surface area (Å²) in [6, 6.07) is 8.02. The van der Waals surface area contributed by atoms with Gasteiger partial charge in [0.15, 0.2) is 0 Å². The molecule has 100 valence electrons. The predicted molar refractivity (Wildman–Crippen MR) is 77.9 cm³/mol. The second kappa shape index (κ2) is 7.13. The topological polar surface area (TPSA) is 29.3 Å². The van der Waals surface area contributed by atoms with Crippen LogP contribution in [0, 0.1) is 0 Å². The molecule has 0 aromatic heterocycles. The molecule has 1 aromatic rings. The van der Waals surface area contributed by atoms with Crippen molar-refractivity contribution < 1.29 is 0 Å². The van der Waals surface area contributed by atoms with Crippen LogP contribution in [0.2, 0.25) is 5.02 Å². The van der Waals surface area contributed by atoms with Crippen LogP contribution in [0.4, 0.5) is 0 Å². The lowest BCUT2D eigenvalue weighted by atomic mass is 10.0. The van der Waals surface area contributed by atoms with E-state index in [1.54, 1.807) is 0 Å². The molecule has 18 heavy (non-hydrogen) atoms. The summed E-state index contributed by atoms with van der Waals surface area (Å²) >= 11 is 5.99. The van der Waals surface area contributed by atoms with Crippen molar-refractivity contribution in [3.63, 3.8) is 0 Å². The number of nitrogens with zero attached hydrogens (tertiary/aromatic N) is 1. The average molecular weight is 267 g/mol. The normalized spacial score (nSPS) is 19.4. The Morgan fingerprint density at radius 2 is 1.89 bits per heavy atom. The second-order valence-corrected chi connectivity index (χ2v) is 5.64. The van der Waals surface area contributed by atoms with Gasteiger partial charge in [-0.2, -0.15) is 0 Å². The molecule has 2 nitrogen and oxygen atoms in total. The Morgan fingerprint density at radius 1 is 1.17 bits per heavy atom. The smallest absolute Gasteiger partial charge is 0.0409 e. The van der Waals surface area contributed by atoms with E-state index in [-0.39, 0.29) is 6.04 Å². The zero-order valence-electron chi connectivity index (χ0n) is 10.9. The molecular weight excluding hydrogens is 244 g/mol. The quantitative estimate of drug-likeness (QED) is 0.902. The summed E-state index contributed by atoms with van der Waals surface area (Å²) in [5.74, 6) is 0. The Morgan fingerprint density at radius 3 is 2.56 bits per heavy atom. The molecule has 0 aliphatic carbocycles. The van der Waals surface area contributed by atoms with Crippen LogP contribution < -0.4 is 5.73 Å². The summed E-state index contributed by atoms with van der Waals surface area (Å²) in [5, 5.41) is 0.776. The number of rotatable bonds is 4.